The van der Waals surface area contributed by atoms with Crippen LogP contribution in [0.15, 0.2) is 51.5 Å². The summed E-state index contributed by atoms with van der Waals surface area (Å²) in [7, 11) is 0. The van der Waals surface area contributed by atoms with Gasteiger partial charge >= 0.3 is 0 Å². The molecule has 0 aliphatic carbocycles. The van der Waals surface area contributed by atoms with Crippen LogP contribution in [0.25, 0.3) is 11.4 Å². The lowest BCUT2D eigenvalue weighted by molar-refractivity contribution is -0.116. The Kier molecular flexibility index (Phi) is 5.45. The average molecular weight is 425 g/mol. The van der Waals surface area contributed by atoms with E-state index in [0.29, 0.717) is 26.8 Å². The number of halogens is 3. The maximum atomic E-state index is 13.7. The number of aromatic nitrogens is 2. The zero-order valence-corrected chi connectivity index (χ0v) is 15.1. The Balaban J connectivity index is 1.60. The molecule has 0 bridgehead atoms. The maximum Gasteiger partial charge on any atom is 0.227 e. The first kappa shape index (κ1) is 17.6. The Hall–Kier alpha value is -2.25. The molecular formula is C17H12BrClFN3O2. The fourth-order valence-electron chi connectivity index (χ4n) is 2.13. The summed E-state index contributed by atoms with van der Waals surface area (Å²) in [4.78, 5) is 16.2. The van der Waals surface area contributed by atoms with Crippen molar-refractivity contribution in [2.24, 2.45) is 0 Å². The molecule has 1 N–H and O–H groups in total. The number of nitrogens with zero attached hydrogens (tertiary/aromatic N) is 2. The molecule has 1 aromatic heterocycles. The first-order chi connectivity index (χ1) is 12.0. The monoisotopic (exact) mass is 423 g/mol. The number of hydrogen-bond donors (Lipinski definition) is 1. The van der Waals surface area contributed by atoms with E-state index in [1.807, 2.05) is 6.07 Å². The molecule has 0 spiro atoms. The molecule has 3 rings (SSSR count). The standard InChI is InChI=1S/C17H12BrClFN3O2/c18-10-5-6-14(13(20)9-10)21-15(24)7-8-16-22-17(23-25-16)11-3-1-2-4-12(11)19/h1-6,9H,7-8H2,(H,21,24). The Morgan fingerprint density at radius 1 is 1.28 bits per heavy atom. The molecule has 0 aliphatic heterocycles. The van der Waals surface area contributed by atoms with Crippen LogP contribution in [0, 0.1) is 5.82 Å². The molecule has 0 unspecified atom stereocenters. The molecule has 0 atom stereocenters. The SMILES string of the molecule is O=C(CCc1nc(-c2ccccc2Cl)no1)Nc1ccc(Br)cc1F. The quantitative estimate of drug-likeness (QED) is 0.635. The van der Waals surface area contributed by atoms with Gasteiger partial charge in [0.05, 0.1) is 10.7 Å². The van der Waals surface area contributed by atoms with Crippen molar-refractivity contribution in [1.29, 1.82) is 0 Å². The Labute approximate surface area is 156 Å². The molecule has 0 radical (unpaired) electrons. The van der Waals surface area contributed by atoms with Gasteiger partial charge in [-0.25, -0.2) is 4.39 Å². The molecule has 0 aliphatic rings. The molecule has 8 heteroatoms. The number of aryl methyl sites for hydroxylation is 1. The summed E-state index contributed by atoms with van der Waals surface area (Å²) in [5, 5.41) is 6.89. The molecule has 2 aromatic carbocycles. The van der Waals surface area contributed by atoms with Gasteiger partial charge in [0.25, 0.3) is 0 Å². The zero-order valence-electron chi connectivity index (χ0n) is 12.8. The van der Waals surface area contributed by atoms with Crippen LogP contribution in [-0.2, 0) is 11.2 Å². The minimum atomic E-state index is -0.512. The summed E-state index contributed by atoms with van der Waals surface area (Å²) < 4.78 is 19.4. The second kappa shape index (κ2) is 7.76. The van der Waals surface area contributed by atoms with Crippen molar-refractivity contribution in [3.8, 4) is 11.4 Å². The van der Waals surface area contributed by atoms with Gasteiger partial charge < -0.3 is 9.84 Å². The predicted octanol–water partition coefficient (Wildman–Crippen LogP) is 4.86. The van der Waals surface area contributed by atoms with Gasteiger partial charge in [-0.1, -0.05) is 44.8 Å². The molecular weight excluding hydrogens is 413 g/mol. The number of benzene rings is 2. The van der Waals surface area contributed by atoms with Crippen LogP contribution in [0.2, 0.25) is 5.02 Å². The van der Waals surface area contributed by atoms with E-state index in [4.69, 9.17) is 16.1 Å². The summed E-state index contributed by atoms with van der Waals surface area (Å²) >= 11 is 9.25. The van der Waals surface area contributed by atoms with Crippen LogP contribution in [0.5, 0.6) is 0 Å². The van der Waals surface area contributed by atoms with Gasteiger partial charge in [0.2, 0.25) is 17.6 Å². The molecule has 1 amide bonds. The smallest absolute Gasteiger partial charge is 0.227 e. The topological polar surface area (TPSA) is 68.0 Å². The number of carbonyl (C=O) groups is 1. The van der Waals surface area contributed by atoms with Crippen LogP contribution in [0.3, 0.4) is 0 Å². The molecule has 0 saturated carbocycles. The fourth-order valence-corrected chi connectivity index (χ4v) is 2.69. The van der Waals surface area contributed by atoms with Crippen molar-refractivity contribution in [3.05, 3.63) is 63.7 Å². The Bertz CT molecular complexity index is 916. The van der Waals surface area contributed by atoms with Crippen LogP contribution in [0.4, 0.5) is 10.1 Å². The largest absolute Gasteiger partial charge is 0.339 e. The predicted molar refractivity (Wildman–Crippen MR) is 95.8 cm³/mol. The van der Waals surface area contributed by atoms with Gasteiger partial charge in [-0.3, -0.25) is 4.79 Å². The molecule has 25 heavy (non-hydrogen) atoms. The highest BCUT2D eigenvalue weighted by Gasteiger charge is 2.13. The second-order valence-corrected chi connectivity index (χ2v) is 6.49. The minimum Gasteiger partial charge on any atom is -0.339 e. The summed E-state index contributed by atoms with van der Waals surface area (Å²) in [6.07, 6.45) is 0.321. The van der Waals surface area contributed by atoms with E-state index in [2.05, 4.69) is 31.4 Å². The first-order valence-electron chi connectivity index (χ1n) is 7.35. The van der Waals surface area contributed by atoms with Gasteiger partial charge in [-0.05, 0) is 30.3 Å². The minimum absolute atomic E-state index is 0.0830. The summed E-state index contributed by atoms with van der Waals surface area (Å²) in [6.45, 7) is 0. The van der Waals surface area contributed by atoms with Crippen molar-refractivity contribution < 1.29 is 13.7 Å². The maximum absolute atomic E-state index is 13.7. The van der Waals surface area contributed by atoms with Crippen LogP contribution in [0.1, 0.15) is 12.3 Å². The summed E-state index contributed by atoms with van der Waals surface area (Å²) in [5.41, 5.74) is 0.774. The molecule has 0 saturated heterocycles. The normalized spacial score (nSPS) is 10.7. The van der Waals surface area contributed by atoms with Crippen molar-refractivity contribution in [2.75, 3.05) is 5.32 Å². The van der Waals surface area contributed by atoms with E-state index in [1.54, 1.807) is 24.3 Å². The lowest BCUT2D eigenvalue weighted by Crippen LogP contribution is -2.13. The molecule has 1 heterocycles. The van der Waals surface area contributed by atoms with E-state index in [1.165, 1.54) is 12.1 Å². The average Bonchev–Trinajstić information content (AvgIpc) is 3.05. The third-order valence-electron chi connectivity index (χ3n) is 3.35. The summed E-state index contributed by atoms with van der Waals surface area (Å²) in [5.74, 6) is -0.193. The number of anilines is 1. The summed E-state index contributed by atoms with van der Waals surface area (Å²) in [6, 6.07) is 11.5. The van der Waals surface area contributed by atoms with E-state index in [-0.39, 0.29) is 24.4 Å². The Morgan fingerprint density at radius 2 is 2.08 bits per heavy atom. The van der Waals surface area contributed by atoms with Crippen molar-refractivity contribution >= 4 is 39.1 Å². The van der Waals surface area contributed by atoms with E-state index in [0.717, 1.165) is 0 Å². The molecule has 5 nitrogen and oxygen atoms in total. The number of hydrogen-bond acceptors (Lipinski definition) is 4. The van der Waals surface area contributed by atoms with Gasteiger partial charge in [-0.15, -0.1) is 0 Å². The van der Waals surface area contributed by atoms with Gasteiger partial charge in [0.15, 0.2) is 0 Å². The lowest BCUT2D eigenvalue weighted by atomic mass is 10.2. The molecule has 3 aromatic rings. The Morgan fingerprint density at radius 3 is 2.84 bits per heavy atom. The molecule has 0 fully saturated rings. The number of rotatable bonds is 5. The van der Waals surface area contributed by atoms with E-state index >= 15 is 0 Å². The third-order valence-corrected chi connectivity index (χ3v) is 4.18. The van der Waals surface area contributed by atoms with Gasteiger partial charge in [0, 0.05) is 22.9 Å². The number of nitrogens with one attached hydrogen (secondary N) is 1. The third kappa shape index (κ3) is 4.43. The van der Waals surface area contributed by atoms with Gasteiger partial charge in [-0.2, -0.15) is 4.98 Å². The van der Waals surface area contributed by atoms with Crippen molar-refractivity contribution in [3.63, 3.8) is 0 Å². The van der Waals surface area contributed by atoms with E-state index in [9.17, 15) is 9.18 Å². The first-order valence-corrected chi connectivity index (χ1v) is 8.52. The highest BCUT2D eigenvalue weighted by atomic mass is 79.9. The van der Waals surface area contributed by atoms with Gasteiger partial charge in [0.1, 0.15) is 5.82 Å². The fraction of sp³-hybridized carbons (Fsp3) is 0.118. The van der Waals surface area contributed by atoms with Crippen LogP contribution in [-0.4, -0.2) is 16.0 Å². The highest BCUT2D eigenvalue weighted by Crippen LogP contribution is 2.25. The number of amides is 1. The number of carbonyl (C=O) groups excluding carboxylic acids is 1. The van der Waals surface area contributed by atoms with Crippen molar-refractivity contribution in [1.82, 2.24) is 10.1 Å². The highest BCUT2D eigenvalue weighted by molar-refractivity contribution is 9.10. The van der Waals surface area contributed by atoms with Crippen LogP contribution >= 0.6 is 27.5 Å². The van der Waals surface area contributed by atoms with Crippen molar-refractivity contribution in [2.45, 2.75) is 12.8 Å². The van der Waals surface area contributed by atoms with Crippen LogP contribution < -0.4 is 5.32 Å². The zero-order chi connectivity index (χ0) is 17.8. The second-order valence-electron chi connectivity index (χ2n) is 5.16. The molecule has 128 valence electrons. The van der Waals surface area contributed by atoms with E-state index < -0.39 is 5.82 Å². The lowest BCUT2D eigenvalue weighted by Gasteiger charge is -2.05.